The van der Waals surface area contributed by atoms with E-state index in [4.69, 9.17) is 0 Å². The number of ketones is 1. The van der Waals surface area contributed by atoms with Crippen LogP contribution < -0.4 is 0 Å². The molecule has 130 valence electrons. The highest BCUT2D eigenvalue weighted by Gasteiger charge is 2.21. The van der Waals surface area contributed by atoms with Crippen molar-refractivity contribution in [2.24, 2.45) is 10.2 Å². The maximum Gasteiger partial charge on any atom is 0.238 e. The van der Waals surface area contributed by atoms with Crippen LogP contribution in [-0.4, -0.2) is 25.9 Å². The Bertz CT molecular complexity index is 973. The molecule has 0 bridgehead atoms. The summed E-state index contributed by atoms with van der Waals surface area (Å²) in [5.74, 6) is -0.553. The number of rotatable bonds is 5. The average Bonchev–Trinajstić information content (AvgIpc) is 3.05. The lowest BCUT2D eigenvalue weighted by Crippen LogP contribution is -2.06. The van der Waals surface area contributed by atoms with E-state index in [2.05, 4.69) is 20.5 Å². The van der Waals surface area contributed by atoms with Gasteiger partial charge in [-0.1, -0.05) is 41.1 Å². The van der Waals surface area contributed by atoms with Crippen molar-refractivity contribution in [3.63, 3.8) is 0 Å². The summed E-state index contributed by atoms with van der Waals surface area (Å²) >= 11 is 0. The Labute approximate surface area is 150 Å². The van der Waals surface area contributed by atoms with E-state index >= 15 is 0 Å². The van der Waals surface area contributed by atoms with Gasteiger partial charge in [-0.05, 0) is 38.1 Å². The number of carbonyl (C=O) groups excluding carboxylic acids is 1. The van der Waals surface area contributed by atoms with Gasteiger partial charge in [0.25, 0.3) is 0 Å². The monoisotopic (exact) mass is 347 g/mol. The van der Waals surface area contributed by atoms with Crippen molar-refractivity contribution >= 4 is 11.5 Å². The zero-order chi connectivity index (χ0) is 18.5. The number of nitrogens with zero attached hydrogens (tertiary/aromatic N) is 5. The van der Waals surface area contributed by atoms with E-state index in [0.717, 1.165) is 11.3 Å². The molecule has 7 nitrogen and oxygen atoms in total. The van der Waals surface area contributed by atoms with E-state index in [1.54, 1.807) is 35.9 Å². The molecule has 0 saturated carbocycles. The maximum atomic E-state index is 12.6. The van der Waals surface area contributed by atoms with Gasteiger partial charge in [0.2, 0.25) is 5.78 Å². The first-order chi connectivity index (χ1) is 12.6. The van der Waals surface area contributed by atoms with E-state index in [1.807, 2.05) is 37.3 Å². The Morgan fingerprint density at radius 3 is 2.42 bits per heavy atom. The zero-order valence-electron chi connectivity index (χ0n) is 14.4. The van der Waals surface area contributed by atoms with Gasteiger partial charge in [0.15, 0.2) is 11.4 Å². The van der Waals surface area contributed by atoms with Gasteiger partial charge in [-0.25, -0.2) is 4.68 Å². The van der Waals surface area contributed by atoms with Crippen LogP contribution in [0.25, 0.3) is 5.69 Å². The van der Waals surface area contributed by atoms with Gasteiger partial charge in [0, 0.05) is 0 Å². The first-order valence-electron chi connectivity index (χ1n) is 7.95. The van der Waals surface area contributed by atoms with Gasteiger partial charge in [-0.3, -0.25) is 4.79 Å². The Morgan fingerprint density at radius 1 is 1.08 bits per heavy atom. The predicted octanol–water partition coefficient (Wildman–Crippen LogP) is 4.25. The Balaban J connectivity index is 1.87. The zero-order valence-corrected chi connectivity index (χ0v) is 14.4. The molecule has 0 saturated heterocycles. The SMILES string of the molecule is Cc1ccc(-n2nnc(C(=O)/C(=C/O)N=Nc3ccccc3)c2C)cc1. The Hall–Kier alpha value is -3.61. The minimum atomic E-state index is -0.553. The predicted molar refractivity (Wildman–Crippen MR) is 96.8 cm³/mol. The molecule has 3 rings (SSSR count). The lowest BCUT2D eigenvalue weighted by Gasteiger charge is -2.04. The summed E-state index contributed by atoms with van der Waals surface area (Å²) in [5.41, 5.74) is 2.92. The number of azo groups is 1. The van der Waals surface area contributed by atoms with E-state index in [0.29, 0.717) is 17.6 Å². The van der Waals surface area contributed by atoms with Crippen LogP contribution in [0.1, 0.15) is 21.7 Å². The number of carbonyl (C=O) groups is 1. The van der Waals surface area contributed by atoms with E-state index < -0.39 is 5.78 Å². The first kappa shape index (κ1) is 17.2. The molecule has 0 aliphatic rings. The van der Waals surface area contributed by atoms with Crippen molar-refractivity contribution in [1.29, 1.82) is 0 Å². The Morgan fingerprint density at radius 2 is 1.77 bits per heavy atom. The third-order valence-electron chi connectivity index (χ3n) is 3.77. The minimum Gasteiger partial charge on any atom is -0.513 e. The molecule has 3 aromatic rings. The molecule has 1 heterocycles. The summed E-state index contributed by atoms with van der Waals surface area (Å²) in [4.78, 5) is 12.6. The lowest BCUT2D eigenvalue weighted by molar-refractivity contribution is 0.102. The highest BCUT2D eigenvalue weighted by atomic mass is 16.2. The third-order valence-corrected chi connectivity index (χ3v) is 3.77. The van der Waals surface area contributed by atoms with Crippen molar-refractivity contribution in [3.05, 3.63) is 83.5 Å². The normalized spacial score (nSPS) is 11.8. The number of aryl methyl sites for hydroxylation is 1. The number of benzene rings is 2. The molecule has 1 aromatic heterocycles. The summed E-state index contributed by atoms with van der Waals surface area (Å²) in [5, 5.41) is 25.2. The van der Waals surface area contributed by atoms with E-state index in [-0.39, 0.29) is 11.4 Å². The van der Waals surface area contributed by atoms with Gasteiger partial charge < -0.3 is 5.11 Å². The number of Topliss-reactive ketones (excluding diaryl/α,β-unsaturated/α-hetero) is 1. The molecule has 2 aromatic carbocycles. The lowest BCUT2D eigenvalue weighted by atomic mass is 10.2. The fourth-order valence-corrected chi connectivity index (χ4v) is 2.33. The largest absolute Gasteiger partial charge is 0.513 e. The molecule has 7 heteroatoms. The molecule has 0 spiro atoms. The second-order valence-electron chi connectivity index (χ2n) is 5.65. The second kappa shape index (κ2) is 7.52. The topological polar surface area (TPSA) is 92.7 Å². The summed E-state index contributed by atoms with van der Waals surface area (Å²) in [7, 11) is 0. The fraction of sp³-hybridized carbons (Fsp3) is 0.105. The highest BCUT2D eigenvalue weighted by Crippen LogP contribution is 2.18. The second-order valence-corrected chi connectivity index (χ2v) is 5.65. The first-order valence-corrected chi connectivity index (χ1v) is 7.95. The van der Waals surface area contributed by atoms with Crippen molar-refractivity contribution in [3.8, 4) is 5.69 Å². The van der Waals surface area contributed by atoms with Crippen LogP contribution in [0.15, 0.2) is 76.8 Å². The third kappa shape index (κ3) is 3.56. The average molecular weight is 347 g/mol. The molecule has 0 aliphatic heterocycles. The van der Waals surface area contributed by atoms with Crippen molar-refractivity contribution in [2.45, 2.75) is 13.8 Å². The van der Waals surface area contributed by atoms with E-state index in [9.17, 15) is 9.90 Å². The van der Waals surface area contributed by atoms with Gasteiger partial charge in [-0.15, -0.1) is 10.2 Å². The molecule has 0 amide bonds. The van der Waals surface area contributed by atoms with Crippen molar-refractivity contribution < 1.29 is 9.90 Å². The smallest absolute Gasteiger partial charge is 0.238 e. The Kier molecular flexibility index (Phi) is 4.98. The summed E-state index contributed by atoms with van der Waals surface area (Å²) in [6.07, 6.45) is 0.624. The molecule has 0 atom stereocenters. The number of aliphatic hydroxyl groups is 1. The minimum absolute atomic E-state index is 0.109. The van der Waals surface area contributed by atoms with Crippen LogP contribution in [0, 0.1) is 13.8 Å². The number of hydrogen-bond acceptors (Lipinski definition) is 6. The number of allylic oxidation sites excluding steroid dienone is 1. The van der Waals surface area contributed by atoms with E-state index in [1.165, 1.54) is 0 Å². The van der Waals surface area contributed by atoms with Crippen LogP contribution in [0.2, 0.25) is 0 Å². The summed E-state index contributed by atoms with van der Waals surface area (Å²) < 4.78 is 1.57. The van der Waals surface area contributed by atoms with Crippen LogP contribution in [-0.2, 0) is 0 Å². The molecule has 0 fully saturated rings. The van der Waals surface area contributed by atoms with Gasteiger partial charge in [-0.2, -0.15) is 5.11 Å². The molecular formula is C19H17N5O2. The molecule has 1 N–H and O–H groups in total. The van der Waals surface area contributed by atoms with Crippen LogP contribution in [0.4, 0.5) is 5.69 Å². The van der Waals surface area contributed by atoms with Crippen LogP contribution in [0.3, 0.4) is 0 Å². The molecule has 0 radical (unpaired) electrons. The van der Waals surface area contributed by atoms with Gasteiger partial charge >= 0.3 is 0 Å². The summed E-state index contributed by atoms with van der Waals surface area (Å²) in [6, 6.07) is 16.6. The van der Waals surface area contributed by atoms with Gasteiger partial charge in [0.1, 0.15) is 6.26 Å². The number of hydrogen-bond donors (Lipinski definition) is 1. The fourth-order valence-electron chi connectivity index (χ4n) is 2.33. The standard InChI is InChI=1S/C19H17N5O2/c1-13-8-10-16(11-9-13)24-14(2)18(22-23-24)19(26)17(12-25)21-20-15-6-4-3-5-7-15/h3-12,25H,1-2H3/b17-12-,21-20?. The molecular weight excluding hydrogens is 330 g/mol. The summed E-state index contributed by atoms with van der Waals surface area (Å²) in [6.45, 7) is 3.72. The molecule has 26 heavy (non-hydrogen) atoms. The number of aromatic nitrogens is 3. The van der Waals surface area contributed by atoms with Crippen LogP contribution >= 0.6 is 0 Å². The number of aliphatic hydroxyl groups excluding tert-OH is 1. The highest BCUT2D eigenvalue weighted by molar-refractivity contribution is 6.07. The van der Waals surface area contributed by atoms with Crippen LogP contribution in [0.5, 0.6) is 0 Å². The quantitative estimate of drug-likeness (QED) is 0.323. The molecule has 0 unspecified atom stereocenters. The van der Waals surface area contributed by atoms with Gasteiger partial charge in [0.05, 0.1) is 17.1 Å². The van der Waals surface area contributed by atoms with Crippen molar-refractivity contribution in [2.75, 3.05) is 0 Å². The van der Waals surface area contributed by atoms with Crippen molar-refractivity contribution in [1.82, 2.24) is 15.0 Å². The molecule has 0 aliphatic carbocycles. The maximum absolute atomic E-state index is 12.6.